The first-order valence-corrected chi connectivity index (χ1v) is 10.2. The molecule has 1 saturated heterocycles. The van der Waals surface area contributed by atoms with Crippen molar-refractivity contribution in [2.45, 2.75) is 37.6 Å². The third kappa shape index (κ3) is 4.89. The molecule has 0 saturated carbocycles. The van der Waals surface area contributed by atoms with E-state index < -0.39 is 18.9 Å². The van der Waals surface area contributed by atoms with Crippen LogP contribution in [0.25, 0.3) is 5.69 Å². The Labute approximate surface area is 181 Å². The maximum absolute atomic E-state index is 13.2. The van der Waals surface area contributed by atoms with Gasteiger partial charge < -0.3 is 15.4 Å². The molecule has 3 aromatic rings. The highest BCUT2D eigenvalue weighted by molar-refractivity contribution is 5.44. The molecule has 32 heavy (non-hydrogen) atoms. The van der Waals surface area contributed by atoms with Crippen molar-refractivity contribution in [3.63, 3.8) is 0 Å². The van der Waals surface area contributed by atoms with Gasteiger partial charge in [-0.25, -0.2) is 4.39 Å². The van der Waals surface area contributed by atoms with Crippen molar-refractivity contribution in [3.8, 4) is 11.4 Å². The lowest BCUT2D eigenvalue weighted by Gasteiger charge is -2.34. The number of benzene rings is 2. The molecule has 2 N–H and O–H groups in total. The van der Waals surface area contributed by atoms with Gasteiger partial charge in [0.25, 0.3) is 5.82 Å². The number of nitrogens with one attached hydrogen (secondary N) is 2. The summed E-state index contributed by atoms with van der Waals surface area (Å²) in [5, 5.41) is 16.6. The van der Waals surface area contributed by atoms with Gasteiger partial charge in [0.1, 0.15) is 5.75 Å². The monoisotopic (exact) mass is 449 g/mol. The van der Waals surface area contributed by atoms with Crippen molar-refractivity contribution in [2.75, 3.05) is 13.4 Å². The van der Waals surface area contributed by atoms with E-state index in [4.69, 9.17) is 4.74 Å². The molecule has 0 aliphatic carbocycles. The molecule has 7 nitrogen and oxygen atoms in total. The van der Waals surface area contributed by atoms with Gasteiger partial charge in [0, 0.05) is 24.2 Å². The van der Waals surface area contributed by atoms with Crippen LogP contribution in [0.4, 0.5) is 17.6 Å². The van der Waals surface area contributed by atoms with E-state index in [1.807, 2.05) is 30.3 Å². The summed E-state index contributed by atoms with van der Waals surface area (Å²) in [4.78, 5) is 0. The van der Waals surface area contributed by atoms with Crippen LogP contribution in [0.1, 0.15) is 35.8 Å². The zero-order valence-electron chi connectivity index (χ0n) is 17.0. The number of tetrazole rings is 1. The van der Waals surface area contributed by atoms with Crippen LogP contribution in [0.2, 0.25) is 0 Å². The molecule has 1 aliphatic rings. The van der Waals surface area contributed by atoms with Crippen LogP contribution in [0.5, 0.6) is 5.75 Å². The third-order valence-corrected chi connectivity index (χ3v) is 5.39. The van der Waals surface area contributed by atoms with Gasteiger partial charge in [0.15, 0.2) is 0 Å². The van der Waals surface area contributed by atoms with Crippen molar-refractivity contribution in [1.82, 2.24) is 30.8 Å². The Hall–Kier alpha value is -3.05. The van der Waals surface area contributed by atoms with Crippen LogP contribution >= 0.6 is 0 Å². The van der Waals surface area contributed by atoms with Crippen molar-refractivity contribution >= 4 is 0 Å². The Kier molecular flexibility index (Phi) is 6.66. The molecule has 1 aromatic heterocycles. The molecule has 11 heteroatoms. The standard InChI is InChI=1S/C21H22F4N6O/c22-13-32-18-9-8-16(31-20(21(23,24)25)28-29-30-31)11-15(18)12-27-17-7-4-10-26-19(17)14-5-2-1-3-6-14/h1-3,5-6,8-9,11,17,19,26-27H,4,7,10,12-13H2/i22-1. The SMILES string of the molecule is FC(F)(F)c1nnnn1-c1ccc(OC[18F])c(CNC2CCCNC2c2ccccc2)c1. The van der Waals surface area contributed by atoms with Crippen LogP contribution in [-0.4, -0.2) is 39.7 Å². The molecule has 2 aromatic carbocycles. The van der Waals surface area contributed by atoms with E-state index in [9.17, 15) is 17.6 Å². The molecular formula is C21H22F4N6O. The fourth-order valence-electron chi connectivity index (χ4n) is 3.93. The summed E-state index contributed by atoms with van der Waals surface area (Å²) in [5.74, 6) is -0.999. The fraction of sp³-hybridized carbons (Fsp3) is 0.381. The molecule has 0 amide bonds. The topological polar surface area (TPSA) is 76.9 Å². The lowest BCUT2D eigenvalue weighted by Crippen LogP contribution is -2.45. The molecule has 170 valence electrons. The number of hydrogen-bond donors (Lipinski definition) is 2. The number of rotatable bonds is 7. The first-order valence-electron chi connectivity index (χ1n) is 10.2. The minimum absolute atomic E-state index is 0.0757. The predicted octanol–water partition coefficient (Wildman–Crippen LogP) is 3.57. The lowest BCUT2D eigenvalue weighted by atomic mass is 9.92. The minimum Gasteiger partial charge on any atom is -0.463 e. The molecule has 0 spiro atoms. The number of piperidine rings is 1. The van der Waals surface area contributed by atoms with Crippen LogP contribution in [0.3, 0.4) is 0 Å². The Bertz CT molecular complexity index is 1030. The van der Waals surface area contributed by atoms with Crippen molar-refractivity contribution in [2.24, 2.45) is 0 Å². The summed E-state index contributed by atoms with van der Waals surface area (Å²) < 4.78 is 58.2. The Morgan fingerprint density at radius 1 is 1.16 bits per heavy atom. The molecule has 4 rings (SSSR count). The van der Waals surface area contributed by atoms with Crippen molar-refractivity contribution in [3.05, 3.63) is 65.5 Å². The van der Waals surface area contributed by atoms with E-state index in [-0.39, 0.29) is 30.1 Å². The fourth-order valence-corrected chi connectivity index (χ4v) is 3.93. The van der Waals surface area contributed by atoms with E-state index in [0.717, 1.165) is 24.9 Å². The second kappa shape index (κ2) is 9.61. The van der Waals surface area contributed by atoms with E-state index >= 15 is 0 Å². The van der Waals surface area contributed by atoms with Gasteiger partial charge in [0.05, 0.1) is 5.69 Å². The first-order chi connectivity index (χ1) is 15.5. The van der Waals surface area contributed by atoms with Crippen LogP contribution < -0.4 is 15.4 Å². The minimum atomic E-state index is -4.72. The summed E-state index contributed by atoms with van der Waals surface area (Å²) in [6.07, 6.45) is -2.82. The molecular weight excluding hydrogens is 427 g/mol. The summed E-state index contributed by atoms with van der Waals surface area (Å²) in [6.45, 7) is 0.105. The number of hydrogen-bond acceptors (Lipinski definition) is 6. The first kappa shape index (κ1) is 22.2. The van der Waals surface area contributed by atoms with Crippen LogP contribution in [0.15, 0.2) is 48.5 Å². The van der Waals surface area contributed by atoms with Gasteiger partial charge in [-0.1, -0.05) is 30.3 Å². The molecule has 0 bridgehead atoms. The van der Waals surface area contributed by atoms with Crippen molar-refractivity contribution in [1.29, 1.82) is 0 Å². The van der Waals surface area contributed by atoms with E-state index in [1.165, 1.54) is 18.2 Å². The van der Waals surface area contributed by atoms with Gasteiger partial charge in [0.2, 0.25) is 6.86 Å². The van der Waals surface area contributed by atoms with Crippen molar-refractivity contribution < 1.29 is 22.3 Å². The van der Waals surface area contributed by atoms with Gasteiger partial charge in [-0.2, -0.15) is 17.9 Å². The summed E-state index contributed by atoms with van der Waals surface area (Å²) in [6, 6.07) is 14.4. The summed E-state index contributed by atoms with van der Waals surface area (Å²) >= 11 is 0. The third-order valence-electron chi connectivity index (χ3n) is 5.39. The number of alkyl halides is 4. The highest BCUT2D eigenvalue weighted by atomic mass is 19.4. The van der Waals surface area contributed by atoms with E-state index in [2.05, 4.69) is 26.2 Å². The second-order valence-corrected chi connectivity index (χ2v) is 7.43. The predicted molar refractivity (Wildman–Crippen MR) is 108 cm³/mol. The Morgan fingerprint density at radius 2 is 1.97 bits per heavy atom. The average Bonchev–Trinajstić information content (AvgIpc) is 3.30. The largest absolute Gasteiger partial charge is 0.463 e. The number of halogens is 4. The normalized spacial score (nSPS) is 19.1. The Balaban J connectivity index is 1.58. The molecule has 1 fully saturated rings. The molecule has 2 atom stereocenters. The number of nitrogens with zero attached hydrogens (tertiary/aromatic N) is 4. The van der Waals surface area contributed by atoms with E-state index in [0.29, 0.717) is 10.2 Å². The number of aromatic nitrogens is 4. The zero-order chi connectivity index (χ0) is 22.6. The molecule has 2 heterocycles. The summed E-state index contributed by atoms with van der Waals surface area (Å²) in [7, 11) is 0. The lowest BCUT2D eigenvalue weighted by molar-refractivity contribution is -0.146. The maximum atomic E-state index is 13.2. The molecule has 2 unspecified atom stereocenters. The number of ether oxygens (including phenoxy) is 1. The zero-order valence-corrected chi connectivity index (χ0v) is 17.0. The quantitative estimate of drug-likeness (QED) is 0.537. The smallest absolute Gasteiger partial charge is 0.453 e. The van der Waals surface area contributed by atoms with Crippen LogP contribution in [-0.2, 0) is 12.7 Å². The summed E-state index contributed by atoms with van der Waals surface area (Å²) in [5.41, 5.74) is 1.75. The van der Waals surface area contributed by atoms with Crippen LogP contribution in [0, 0.1) is 0 Å². The second-order valence-electron chi connectivity index (χ2n) is 7.43. The Morgan fingerprint density at radius 3 is 2.72 bits per heavy atom. The maximum Gasteiger partial charge on any atom is 0.453 e. The van der Waals surface area contributed by atoms with Gasteiger partial charge in [-0.3, -0.25) is 0 Å². The molecule has 1 aliphatic heterocycles. The molecule has 0 radical (unpaired) electrons. The van der Waals surface area contributed by atoms with Gasteiger partial charge in [-0.05, 0) is 53.6 Å². The van der Waals surface area contributed by atoms with Gasteiger partial charge in [-0.15, -0.1) is 5.10 Å². The highest BCUT2D eigenvalue weighted by Crippen LogP contribution is 2.30. The van der Waals surface area contributed by atoms with Gasteiger partial charge >= 0.3 is 6.18 Å². The van der Waals surface area contributed by atoms with E-state index in [1.54, 1.807) is 0 Å². The average molecular weight is 449 g/mol. The highest BCUT2D eigenvalue weighted by Gasteiger charge is 2.38.